The van der Waals surface area contributed by atoms with Gasteiger partial charge in [-0.15, -0.1) is 11.8 Å². The highest BCUT2D eigenvalue weighted by molar-refractivity contribution is 8.00. The molecule has 1 unspecified atom stereocenters. The molecule has 1 saturated heterocycles. The number of carbonyl (C=O) groups is 1. The number of benzene rings is 3. The van der Waals surface area contributed by atoms with Crippen LogP contribution in [0.2, 0.25) is 0 Å². The summed E-state index contributed by atoms with van der Waals surface area (Å²) in [6.07, 6.45) is 4.38. The summed E-state index contributed by atoms with van der Waals surface area (Å²) in [6.45, 7) is 4.27. The van der Waals surface area contributed by atoms with Crippen molar-refractivity contribution >= 4 is 23.7 Å². The molecule has 0 aliphatic carbocycles. The summed E-state index contributed by atoms with van der Waals surface area (Å²) in [5.41, 5.74) is 2.29. The molecule has 31 heavy (non-hydrogen) atoms. The molecule has 1 amide bonds. The SMILES string of the molecule is O=C(C(Sc1ccccc1)c1ccccc1)N1CCN(CC=Cc2ccccc2)CC1. The molecule has 1 aliphatic rings. The first kappa shape index (κ1) is 21.4. The van der Waals surface area contributed by atoms with Crippen molar-refractivity contribution in [2.45, 2.75) is 10.1 Å². The molecular formula is C27H28N2OS. The minimum Gasteiger partial charge on any atom is -0.339 e. The van der Waals surface area contributed by atoms with E-state index in [-0.39, 0.29) is 11.2 Å². The van der Waals surface area contributed by atoms with Crippen molar-refractivity contribution in [3.05, 3.63) is 108 Å². The van der Waals surface area contributed by atoms with Crippen molar-refractivity contribution in [3.63, 3.8) is 0 Å². The second-order valence-electron chi connectivity index (χ2n) is 7.66. The number of amides is 1. The predicted octanol–water partition coefficient (Wildman–Crippen LogP) is 5.38. The average Bonchev–Trinajstić information content (AvgIpc) is 2.84. The maximum absolute atomic E-state index is 13.5. The van der Waals surface area contributed by atoms with Gasteiger partial charge in [0.15, 0.2) is 0 Å². The van der Waals surface area contributed by atoms with E-state index in [0.717, 1.165) is 43.2 Å². The largest absolute Gasteiger partial charge is 0.339 e. The van der Waals surface area contributed by atoms with E-state index >= 15 is 0 Å². The van der Waals surface area contributed by atoms with Crippen LogP contribution in [0, 0.1) is 0 Å². The third-order valence-corrected chi connectivity index (χ3v) is 6.74. The zero-order valence-electron chi connectivity index (χ0n) is 17.6. The first-order valence-electron chi connectivity index (χ1n) is 10.8. The molecule has 158 valence electrons. The lowest BCUT2D eigenvalue weighted by Gasteiger charge is -2.36. The summed E-state index contributed by atoms with van der Waals surface area (Å²) >= 11 is 1.64. The summed E-state index contributed by atoms with van der Waals surface area (Å²) in [7, 11) is 0. The van der Waals surface area contributed by atoms with E-state index in [0.29, 0.717) is 0 Å². The Kier molecular flexibility index (Phi) is 7.59. The van der Waals surface area contributed by atoms with Gasteiger partial charge in [-0.2, -0.15) is 0 Å². The van der Waals surface area contributed by atoms with Crippen LogP contribution < -0.4 is 0 Å². The molecule has 0 N–H and O–H groups in total. The van der Waals surface area contributed by atoms with Crippen LogP contribution in [-0.2, 0) is 4.79 Å². The Morgan fingerprint density at radius 3 is 2.03 bits per heavy atom. The molecule has 1 atom stereocenters. The third-order valence-electron chi connectivity index (χ3n) is 5.48. The molecule has 3 nitrogen and oxygen atoms in total. The fourth-order valence-corrected chi connectivity index (χ4v) is 4.87. The molecule has 0 spiro atoms. The lowest BCUT2D eigenvalue weighted by Crippen LogP contribution is -2.49. The smallest absolute Gasteiger partial charge is 0.240 e. The number of rotatable bonds is 7. The van der Waals surface area contributed by atoms with Crippen molar-refractivity contribution in [1.29, 1.82) is 0 Å². The molecule has 3 aromatic carbocycles. The zero-order valence-corrected chi connectivity index (χ0v) is 18.5. The van der Waals surface area contributed by atoms with Gasteiger partial charge in [0.25, 0.3) is 0 Å². The molecular weight excluding hydrogens is 400 g/mol. The standard InChI is InChI=1S/C27H28N2OS/c30-27(26(24-14-6-2-7-15-24)31-25-16-8-3-9-17-25)29-21-19-28(20-22-29)18-10-13-23-11-4-1-5-12-23/h1-17,26H,18-22H2. The Hall–Kier alpha value is -2.82. The predicted molar refractivity (Wildman–Crippen MR) is 130 cm³/mol. The third kappa shape index (κ3) is 6.09. The Balaban J connectivity index is 1.36. The van der Waals surface area contributed by atoms with Crippen molar-refractivity contribution in [3.8, 4) is 0 Å². The number of thioether (sulfide) groups is 1. The molecule has 0 bridgehead atoms. The van der Waals surface area contributed by atoms with Crippen LogP contribution in [0.25, 0.3) is 6.08 Å². The van der Waals surface area contributed by atoms with E-state index < -0.39 is 0 Å². The number of carbonyl (C=O) groups excluding carboxylic acids is 1. The first-order chi connectivity index (χ1) is 15.3. The van der Waals surface area contributed by atoms with Crippen LogP contribution >= 0.6 is 11.8 Å². The van der Waals surface area contributed by atoms with E-state index in [2.05, 4.69) is 65.6 Å². The minimum atomic E-state index is -0.215. The molecule has 1 heterocycles. The van der Waals surface area contributed by atoms with E-state index in [1.807, 2.05) is 47.4 Å². The van der Waals surface area contributed by atoms with Gasteiger partial charge in [-0.1, -0.05) is 91.0 Å². The van der Waals surface area contributed by atoms with Gasteiger partial charge < -0.3 is 4.90 Å². The van der Waals surface area contributed by atoms with Crippen molar-refractivity contribution in [2.24, 2.45) is 0 Å². The van der Waals surface area contributed by atoms with Crippen LogP contribution in [0.15, 0.2) is 102 Å². The van der Waals surface area contributed by atoms with Crippen LogP contribution in [0.5, 0.6) is 0 Å². The van der Waals surface area contributed by atoms with E-state index in [1.165, 1.54) is 5.56 Å². The maximum Gasteiger partial charge on any atom is 0.240 e. The van der Waals surface area contributed by atoms with Gasteiger partial charge in [-0.3, -0.25) is 9.69 Å². The molecule has 4 rings (SSSR count). The van der Waals surface area contributed by atoms with Gasteiger partial charge in [0.2, 0.25) is 5.91 Å². The number of piperazine rings is 1. The van der Waals surface area contributed by atoms with Gasteiger partial charge in [0, 0.05) is 37.6 Å². The second kappa shape index (κ2) is 11.0. The minimum absolute atomic E-state index is 0.208. The molecule has 3 aromatic rings. The van der Waals surface area contributed by atoms with E-state index in [1.54, 1.807) is 11.8 Å². The fraction of sp³-hybridized carbons (Fsp3) is 0.222. The van der Waals surface area contributed by atoms with E-state index in [4.69, 9.17) is 0 Å². The van der Waals surface area contributed by atoms with Crippen molar-refractivity contribution < 1.29 is 4.79 Å². The van der Waals surface area contributed by atoms with Crippen LogP contribution in [0.4, 0.5) is 0 Å². The fourth-order valence-electron chi connectivity index (χ4n) is 3.74. The molecule has 1 fully saturated rings. The number of hydrogen-bond acceptors (Lipinski definition) is 3. The topological polar surface area (TPSA) is 23.6 Å². The van der Waals surface area contributed by atoms with E-state index in [9.17, 15) is 4.79 Å². The Morgan fingerprint density at radius 1 is 0.806 bits per heavy atom. The Bertz CT molecular complexity index is 968. The number of nitrogens with zero attached hydrogens (tertiary/aromatic N) is 2. The second-order valence-corrected chi connectivity index (χ2v) is 8.84. The van der Waals surface area contributed by atoms with Crippen molar-refractivity contribution in [1.82, 2.24) is 9.80 Å². The van der Waals surface area contributed by atoms with Crippen molar-refractivity contribution in [2.75, 3.05) is 32.7 Å². The molecule has 4 heteroatoms. The summed E-state index contributed by atoms with van der Waals surface area (Å²) in [5.74, 6) is 0.208. The average molecular weight is 429 g/mol. The molecule has 0 radical (unpaired) electrons. The monoisotopic (exact) mass is 428 g/mol. The normalized spacial score (nSPS) is 15.8. The van der Waals surface area contributed by atoms with Crippen LogP contribution in [0.3, 0.4) is 0 Å². The van der Waals surface area contributed by atoms with Crippen LogP contribution in [-0.4, -0.2) is 48.4 Å². The van der Waals surface area contributed by atoms with Crippen LogP contribution in [0.1, 0.15) is 16.4 Å². The van der Waals surface area contributed by atoms with Gasteiger partial charge in [0.1, 0.15) is 5.25 Å². The van der Waals surface area contributed by atoms with Gasteiger partial charge in [-0.25, -0.2) is 0 Å². The van der Waals surface area contributed by atoms with Gasteiger partial charge >= 0.3 is 0 Å². The quantitative estimate of drug-likeness (QED) is 0.472. The van der Waals surface area contributed by atoms with Gasteiger partial charge in [0.05, 0.1) is 0 Å². The lowest BCUT2D eigenvalue weighted by molar-refractivity contribution is -0.132. The summed E-state index contributed by atoms with van der Waals surface area (Å²) < 4.78 is 0. The summed E-state index contributed by atoms with van der Waals surface area (Å²) in [4.78, 5) is 19.0. The molecule has 0 saturated carbocycles. The zero-order chi connectivity index (χ0) is 21.3. The highest BCUT2D eigenvalue weighted by Crippen LogP contribution is 2.36. The Morgan fingerprint density at radius 2 is 1.39 bits per heavy atom. The lowest BCUT2D eigenvalue weighted by atomic mass is 10.1. The maximum atomic E-state index is 13.5. The Labute approximate surface area is 189 Å². The first-order valence-corrected chi connectivity index (χ1v) is 11.7. The summed E-state index contributed by atoms with van der Waals surface area (Å²) in [6, 6.07) is 30.7. The highest BCUT2D eigenvalue weighted by atomic mass is 32.2. The van der Waals surface area contributed by atoms with Gasteiger partial charge in [-0.05, 0) is 23.3 Å². The molecule has 0 aromatic heterocycles. The number of hydrogen-bond donors (Lipinski definition) is 0. The summed E-state index contributed by atoms with van der Waals surface area (Å²) in [5, 5.41) is -0.215. The molecule has 1 aliphatic heterocycles. The highest BCUT2D eigenvalue weighted by Gasteiger charge is 2.29.